The topological polar surface area (TPSA) is 58.2 Å². The molecular formula is C18H18Cl2N2O2. The number of hydrogen-bond donors (Lipinski definition) is 2. The molecule has 24 heavy (non-hydrogen) atoms. The molecule has 2 aromatic carbocycles. The highest BCUT2D eigenvalue weighted by Crippen LogP contribution is 2.22. The molecule has 2 rings (SSSR count). The van der Waals surface area contributed by atoms with Crippen molar-refractivity contribution < 1.29 is 9.59 Å². The van der Waals surface area contributed by atoms with E-state index in [2.05, 4.69) is 10.6 Å². The number of amides is 2. The fraction of sp³-hybridized carbons (Fsp3) is 0.222. The summed E-state index contributed by atoms with van der Waals surface area (Å²) < 4.78 is 0. The Kier molecular flexibility index (Phi) is 6.23. The molecule has 0 aliphatic rings. The molecule has 2 N–H and O–H groups in total. The number of aryl methyl sites for hydroxylation is 2. The van der Waals surface area contributed by atoms with Crippen LogP contribution in [0.2, 0.25) is 10.0 Å². The fourth-order valence-corrected chi connectivity index (χ4v) is 2.59. The van der Waals surface area contributed by atoms with Gasteiger partial charge in [-0.3, -0.25) is 9.59 Å². The maximum Gasteiger partial charge on any atom is 0.243 e. The largest absolute Gasteiger partial charge is 0.347 e. The van der Waals surface area contributed by atoms with Gasteiger partial charge < -0.3 is 10.6 Å². The van der Waals surface area contributed by atoms with Crippen LogP contribution < -0.4 is 10.6 Å². The Morgan fingerprint density at radius 1 is 0.958 bits per heavy atom. The lowest BCUT2D eigenvalue weighted by Crippen LogP contribution is -2.34. The van der Waals surface area contributed by atoms with Crippen molar-refractivity contribution in [3.63, 3.8) is 0 Å². The molecule has 4 nitrogen and oxygen atoms in total. The number of anilines is 1. The summed E-state index contributed by atoms with van der Waals surface area (Å²) in [6.07, 6.45) is 0.133. The Balaban J connectivity index is 1.87. The molecule has 2 amide bonds. The van der Waals surface area contributed by atoms with E-state index in [1.54, 1.807) is 18.2 Å². The summed E-state index contributed by atoms with van der Waals surface area (Å²) in [5, 5.41) is 6.26. The molecule has 0 saturated heterocycles. The second-order valence-electron chi connectivity index (χ2n) is 5.52. The lowest BCUT2D eigenvalue weighted by Gasteiger charge is -2.12. The van der Waals surface area contributed by atoms with Gasteiger partial charge in [-0.25, -0.2) is 0 Å². The highest BCUT2D eigenvalue weighted by atomic mass is 35.5. The third-order valence-electron chi connectivity index (χ3n) is 3.54. The number of rotatable bonds is 5. The summed E-state index contributed by atoms with van der Waals surface area (Å²) in [5.74, 6) is -0.528. The van der Waals surface area contributed by atoms with Crippen molar-refractivity contribution in [2.24, 2.45) is 0 Å². The number of carbonyl (C=O) groups excluding carboxylic acids is 2. The van der Waals surface area contributed by atoms with Gasteiger partial charge in [0.05, 0.1) is 23.0 Å². The van der Waals surface area contributed by atoms with Crippen molar-refractivity contribution in [3.8, 4) is 0 Å². The van der Waals surface area contributed by atoms with Crippen molar-refractivity contribution in [3.05, 3.63) is 63.1 Å². The van der Waals surface area contributed by atoms with Gasteiger partial charge in [0.1, 0.15) is 0 Å². The molecule has 6 heteroatoms. The van der Waals surface area contributed by atoms with Crippen LogP contribution in [0.3, 0.4) is 0 Å². The van der Waals surface area contributed by atoms with Crippen LogP contribution in [0.4, 0.5) is 5.69 Å². The van der Waals surface area contributed by atoms with E-state index in [1.807, 2.05) is 32.0 Å². The number of carbonyl (C=O) groups is 2. The normalized spacial score (nSPS) is 10.3. The molecular weight excluding hydrogens is 347 g/mol. The van der Waals surface area contributed by atoms with Gasteiger partial charge in [0.15, 0.2) is 0 Å². The number of para-hydroxylation sites is 1. The fourth-order valence-electron chi connectivity index (χ4n) is 2.27. The second kappa shape index (κ2) is 8.18. The Morgan fingerprint density at radius 2 is 1.62 bits per heavy atom. The van der Waals surface area contributed by atoms with Crippen LogP contribution in [0.15, 0.2) is 36.4 Å². The van der Waals surface area contributed by atoms with E-state index in [9.17, 15) is 9.59 Å². The zero-order valence-electron chi connectivity index (χ0n) is 13.5. The maximum absolute atomic E-state index is 12.0. The SMILES string of the molecule is Cc1cccc(C)c1NC(=O)CNC(=O)Cc1ccc(Cl)c(Cl)c1. The quantitative estimate of drug-likeness (QED) is 0.844. The van der Waals surface area contributed by atoms with Crippen LogP contribution in [0.1, 0.15) is 16.7 Å². The van der Waals surface area contributed by atoms with Gasteiger partial charge in [-0.2, -0.15) is 0 Å². The first-order chi connectivity index (χ1) is 11.4. The van der Waals surface area contributed by atoms with E-state index in [-0.39, 0.29) is 24.8 Å². The molecule has 0 saturated carbocycles. The predicted molar refractivity (Wildman–Crippen MR) is 97.7 cm³/mol. The van der Waals surface area contributed by atoms with Gasteiger partial charge in [-0.1, -0.05) is 47.5 Å². The van der Waals surface area contributed by atoms with Crippen LogP contribution in [-0.4, -0.2) is 18.4 Å². The van der Waals surface area contributed by atoms with Gasteiger partial charge in [0.25, 0.3) is 0 Å². The molecule has 0 atom stereocenters. The third-order valence-corrected chi connectivity index (χ3v) is 4.28. The molecule has 0 heterocycles. The first-order valence-electron chi connectivity index (χ1n) is 7.43. The van der Waals surface area contributed by atoms with Crippen LogP contribution in [-0.2, 0) is 16.0 Å². The average molecular weight is 365 g/mol. The summed E-state index contributed by atoms with van der Waals surface area (Å²) in [6.45, 7) is 3.75. The van der Waals surface area contributed by atoms with E-state index in [4.69, 9.17) is 23.2 Å². The van der Waals surface area contributed by atoms with E-state index in [0.29, 0.717) is 10.0 Å². The summed E-state index contributed by atoms with van der Waals surface area (Å²) in [6, 6.07) is 10.8. The monoisotopic (exact) mass is 364 g/mol. The smallest absolute Gasteiger partial charge is 0.243 e. The zero-order chi connectivity index (χ0) is 17.7. The van der Waals surface area contributed by atoms with Crippen LogP contribution in [0.25, 0.3) is 0 Å². The Hall–Kier alpha value is -2.04. The van der Waals surface area contributed by atoms with E-state index in [1.165, 1.54) is 0 Å². The Morgan fingerprint density at radius 3 is 2.25 bits per heavy atom. The molecule has 0 aliphatic carbocycles. The lowest BCUT2D eigenvalue weighted by molar-refractivity contribution is -0.123. The summed E-state index contributed by atoms with van der Waals surface area (Å²) in [7, 11) is 0. The molecule has 2 aromatic rings. The van der Waals surface area contributed by atoms with Crippen LogP contribution in [0.5, 0.6) is 0 Å². The lowest BCUT2D eigenvalue weighted by atomic mass is 10.1. The minimum absolute atomic E-state index is 0.0894. The van der Waals surface area contributed by atoms with Crippen LogP contribution in [0, 0.1) is 13.8 Å². The Bertz CT molecular complexity index is 755. The Labute approximate surface area is 151 Å². The molecule has 0 radical (unpaired) electrons. The molecule has 0 aliphatic heterocycles. The minimum atomic E-state index is -0.269. The van der Waals surface area contributed by atoms with Crippen molar-refractivity contribution in [2.75, 3.05) is 11.9 Å². The van der Waals surface area contributed by atoms with Gasteiger partial charge in [-0.15, -0.1) is 0 Å². The van der Waals surface area contributed by atoms with Crippen molar-refractivity contribution >= 4 is 40.7 Å². The van der Waals surface area contributed by atoms with Gasteiger partial charge in [-0.05, 0) is 42.7 Å². The first kappa shape index (κ1) is 18.3. The van der Waals surface area contributed by atoms with Gasteiger partial charge >= 0.3 is 0 Å². The average Bonchev–Trinajstić information content (AvgIpc) is 2.53. The van der Waals surface area contributed by atoms with Crippen molar-refractivity contribution in [1.29, 1.82) is 0 Å². The minimum Gasteiger partial charge on any atom is -0.347 e. The number of nitrogens with one attached hydrogen (secondary N) is 2. The van der Waals surface area contributed by atoms with Crippen LogP contribution >= 0.6 is 23.2 Å². The highest BCUT2D eigenvalue weighted by Gasteiger charge is 2.10. The molecule has 126 valence electrons. The highest BCUT2D eigenvalue weighted by molar-refractivity contribution is 6.42. The van der Waals surface area contributed by atoms with Gasteiger partial charge in [0.2, 0.25) is 11.8 Å². The molecule has 0 aromatic heterocycles. The predicted octanol–water partition coefficient (Wildman–Crippen LogP) is 3.91. The van der Waals surface area contributed by atoms with E-state index in [0.717, 1.165) is 22.4 Å². The second-order valence-corrected chi connectivity index (χ2v) is 6.33. The number of hydrogen-bond acceptors (Lipinski definition) is 2. The van der Waals surface area contributed by atoms with E-state index >= 15 is 0 Å². The molecule has 0 unspecified atom stereocenters. The van der Waals surface area contributed by atoms with Crippen molar-refractivity contribution in [2.45, 2.75) is 20.3 Å². The van der Waals surface area contributed by atoms with E-state index < -0.39 is 0 Å². The zero-order valence-corrected chi connectivity index (χ0v) is 15.0. The molecule has 0 fully saturated rings. The van der Waals surface area contributed by atoms with Gasteiger partial charge in [0, 0.05) is 5.69 Å². The summed E-state index contributed by atoms with van der Waals surface area (Å²) in [4.78, 5) is 23.9. The standard InChI is InChI=1S/C18H18Cl2N2O2/c1-11-4-3-5-12(2)18(11)22-17(24)10-21-16(23)9-13-6-7-14(19)15(20)8-13/h3-8H,9-10H2,1-2H3,(H,21,23)(H,22,24). The maximum atomic E-state index is 12.0. The number of benzene rings is 2. The molecule has 0 spiro atoms. The summed E-state index contributed by atoms with van der Waals surface area (Å²) in [5.41, 5.74) is 3.47. The molecule has 0 bridgehead atoms. The number of halogens is 2. The first-order valence-corrected chi connectivity index (χ1v) is 8.19. The third kappa shape index (κ3) is 4.98. The summed E-state index contributed by atoms with van der Waals surface area (Å²) >= 11 is 11.8. The van der Waals surface area contributed by atoms with Crippen molar-refractivity contribution in [1.82, 2.24) is 5.32 Å².